The molecule has 2 rings (SSSR count). The van der Waals surface area contributed by atoms with Gasteiger partial charge in [-0.15, -0.1) is 0 Å². The maximum Gasteiger partial charge on any atom is 0.330 e. The molecule has 2 aliphatic heterocycles. The van der Waals surface area contributed by atoms with Crippen LogP contribution in [0.1, 0.15) is 78.6 Å². The first-order valence-electron chi connectivity index (χ1n) is 13.0. The lowest BCUT2D eigenvalue weighted by Gasteiger charge is -2.38. The van der Waals surface area contributed by atoms with E-state index in [0.717, 1.165) is 32.1 Å². The Morgan fingerprint density at radius 1 is 1.03 bits per heavy atom. The number of aliphatic hydroxyl groups excluding tert-OH is 3. The van der Waals surface area contributed by atoms with Gasteiger partial charge in [0.2, 0.25) is 0 Å². The first kappa shape index (κ1) is 29.7. The molecule has 0 amide bonds. The van der Waals surface area contributed by atoms with Crippen molar-refractivity contribution in [3.63, 3.8) is 0 Å². The molecular weight excluding hydrogens is 456 g/mol. The van der Waals surface area contributed by atoms with Crippen LogP contribution in [0.3, 0.4) is 0 Å². The third kappa shape index (κ3) is 10.6. The van der Waals surface area contributed by atoms with Crippen LogP contribution in [0.15, 0.2) is 11.6 Å². The Morgan fingerprint density at radius 2 is 1.69 bits per heavy atom. The second kappa shape index (κ2) is 14.9. The van der Waals surface area contributed by atoms with Crippen LogP contribution in [0.5, 0.6) is 0 Å². The SMILES string of the molecule is C/C(=C\C(=O)OCCCCCCCCC(=O)O)CC1OC[C@H](C[C@@H]2OC2C(C)C(C)O)[C@@H](O)[C@H]1O. The molecule has 4 unspecified atom stereocenters. The van der Waals surface area contributed by atoms with E-state index in [1.54, 1.807) is 13.8 Å². The Hall–Kier alpha value is -1.52. The molecule has 9 nitrogen and oxygen atoms in total. The number of unbranched alkanes of at least 4 members (excludes halogenated alkanes) is 5. The molecule has 0 aromatic rings. The Balaban J connectivity index is 1.62. The summed E-state index contributed by atoms with van der Waals surface area (Å²) in [7, 11) is 0. The normalized spacial score (nSPS) is 30.5. The lowest BCUT2D eigenvalue weighted by molar-refractivity contribution is -0.165. The molecule has 35 heavy (non-hydrogen) atoms. The molecule has 4 N–H and O–H groups in total. The van der Waals surface area contributed by atoms with E-state index in [1.165, 1.54) is 6.08 Å². The number of carboxylic acid groups (broad SMARTS) is 1. The molecule has 0 saturated carbocycles. The molecule has 9 heteroatoms. The van der Waals surface area contributed by atoms with Crippen molar-refractivity contribution in [3.8, 4) is 0 Å². The van der Waals surface area contributed by atoms with Gasteiger partial charge in [-0.25, -0.2) is 4.79 Å². The zero-order valence-electron chi connectivity index (χ0n) is 21.3. The van der Waals surface area contributed by atoms with Crippen molar-refractivity contribution in [2.24, 2.45) is 11.8 Å². The van der Waals surface area contributed by atoms with Gasteiger partial charge in [-0.3, -0.25) is 4.79 Å². The Kier molecular flexibility index (Phi) is 12.6. The summed E-state index contributed by atoms with van der Waals surface area (Å²) < 4.78 is 16.7. The summed E-state index contributed by atoms with van der Waals surface area (Å²) in [5.41, 5.74) is 0.708. The van der Waals surface area contributed by atoms with Crippen LogP contribution in [-0.2, 0) is 23.8 Å². The van der Waals surface area contributed by atoms with Crippen molar-refractivity contribution in [1.82, 2.24) is 0 Å². The standard InChI is InChI=1S/C26H44O9/c1-16(13-23(30)33-11-9-7-5-4-6-8-10-22(28)29)12-20-25(32)24(31)19(15-34-20)14-21-26(35-21)17(2)18(3)27/h13,17-21,24-27,31-32H,4-12,14-15H2,1-3H3,(H,28,29)/b16-13+/t17?,18?,19-,20?,21-,24+,25-,26?/m0/s1. The van der Waals surface area contributed by atoms with E-state index in [1.807, 2.05) is 6.92 Å². The molecule has 0 radical (unpaired) electrons. The number of carboxylic acids is 1. The van der Waals surface area contributed by atoms with E-state index in [-0.39, 0.29) is 30.5 Å². The minimum absolute atomic E-state index is 0.0160. The average molecular weight is 501 g/mol. The molecule has 0 bridgehead atoms. The second-order valence-electron chi connectivity index (χ2n) is 10.2. The summed E-state index contributed by atoms with van der Waals surface area (Å²) in [6, 6.07) is 0. The summed E-state index contributed by atoms with van der Waals surface area (Å²) in [5.74, 6) is -1.42. The topological polar surface area (TPSA) is 146 Å². The fourth-order valence-corrected chi connectivity index (χ4v) is 4.59. The molecule has 2 fully saturated rings. The zero-order valence-corrected chi connectivity index (χ0v) is 21.3. The van der Waals surface area contributed by atoms with Gasteiger partial charge < -0.3 is 34.6 Å². The van der Waals surface area contributed by atoms with Crippen molar-refractivity contribution in [3.05, 3.63) is 11.6 Å². The van der Waals surface area contributed by atoms with Crippen LogP contribution in [0.25, 0.3) is 0 Å². The van der Waals surface area contributed by atoms with Gasteiger partial charge in [-0.2, -0.15) is 0 Å². The van der Waals surface area contributed by atoms with Crippen molar-refractivity contribution in [2.45, 2.75) is 115 Å². The zero-order chi connectivity index (χ0) is 26.0. The summed E-state index contributed by atoms with van der Waals surface area (Å²) in [4.78, 5) is 22.5. The van der Waals surface area contributed by atoms with Gasteiger partial charge in [0.25, 0.3) is 0 Å². The highest BCUT2D eigenvalue weighted by Gasteiger charge is 2.48. The van der Waals surface area contributed by atoms with Crippen molar-refractivity contribution < 1.29 is 44.2 Å². The number of carbonyl (C=O) groups excluding carboxylic acids is 1. The summed E-state index contributed by atoms with van der Waals surface area (Å²) in [5, 5.41) is 39.5. The molecule has 0 aliphatic carbocycles. The van der Waals surface area contributed by atoms with Crippen LogP contribution in [0.4, 0.5) is 0 Å². The first-order chi connectivity index (χ1) is 16.6. The summed E-state index contributed by atoms with van der Waals surface area (Å²) in [6.45, 7) is 6.07. The van der Waals surface area contributed by atoms with E-state index < -0.39 is 36.4 Å². The minimum Gasteiger partial charge on any atom is -0.481 e. The average Bonchev–Trinajstić information content (AvgIpc) is 3.55. The number of hydrogen-bond acceptors (Lipinski definition) is 8. The molecule has 0 spiro atoms. The molecular formula is C26H44O9. The van der Waals surface area contributed by atoms with Crippen LogP contribution >= 0.6 is 0 Å². The van der Waals surface area contributed by atoms with E-state index in [4.69, 9.17) is 19.3 Å². The summed E-state index contributed by atoms with van der Waals surface area (Å²) >= 11 is 0. The van der Waals surface area contributed by atoms with E-state index in [0.29, 0.717) is 38.0 Å². The Bertz CT molecular complexity index is 692. The number of aliphatic carboxylic acids is 1. The number of epoxide rings is 1. The lowest BCUT2D eigenvalue weighted by atomic mass is 9.85. The monoisotopic (exact) mass is 500 g/mol. The number of rotatable bonds is 16. The Morgan fingerprint density at radius 3 is 2.34 bits per heavy atom. The highest BCUT2D eigenvalue weighted by Crippen LogP contribution is 2.38. The van der Waals surface area contributed by atoms with Crippen molar-refractivity contribution >= 4 is 11.9 Å². The van der Waals surface area contributed by atoms with Gasteiger partial charge in [-0.1, -0.05) is 38.2 Å². The molecule has 0 aromatic carbocycles. The van der Waals surface area contributed by atoms with Gasteiger partial charge >= 0.3 is 11.9 Å². The molecule has 2 saturated heterocycles. The first-order valence-corrected chi connectivity index (χ1v) is 13.0. The number of carbonyl (C=O) groups is 2. The van der Waals surface area contributed by atoms with Crippen LogP contribution < -0.4 is 0 Å². The Labute approximate surface area is 208 Å². The van der Waals surface area contributed by atoms with Crippen LogP contribution in [-0.4, -0.2) is 82.2 Å². The predicted octanol–water partition coefficient (Wildman–Crippen LogP) is 2.59. The second-order valence-corrected chi connectivity index (χ2v) is 10.2. The number of ether oxygens (including phenoxy) is 3. The third-order valence-electron chi connectivity index (χ3n) is 7.09. The number of aliphatic hydroxyl groups is 3. The smallest absolute Gasteiger partial charge is 0.330 e. The van der Waals surface area contributed by atoms with Crippen LogP contribution in [0, 0.1) is 11.8 Å². The van der Waals surface area contributed by atoms with Crippen molar-refractivity contribution in [2.75, 3.05) is 13.2 Å². The highest BCUT2D eigenvalue weighted by atomic mass is 16.6. The fourth-order valence-electron chi connectivity index (χ4n) is 4.59. The lowest BCUT2D eigenvalue weighted by Crippen LogP contribution is -2.50. The van der Waals surface area contributed by atoms with E-state index in [9.17, 15) is 24.9 Å². The highest BCUT2D eigenvalue weighted by molar-refractivity contribution is 5.82. The van der Waals surface area contributed by atoms with Gasteiger partial charge in [0.05, 0.1) is 43.7 Å². The van der Waals surface area contributed by atoms with E-state index >= 15 is 0 Å². The largest absolute Gasteiger partial charge is 0.481 e. The fraction of sp³-hybridized carbons (Fsp3) is 0.846. The van der Waals surface area contributed by atoms with Gasteiger partial charge in [-0.05, 0) is 39.5 Å². The van der Waals surface area contributed by atoms with Gasteiger partial charge in [0.1, 0.15) is 6.10 Å². The number of esters is 1. The summed E-state index contributed by atoms with van der Waals surface area (Å²) in [6.07, 6.45) is 4.61. The maximum absolute atomic E-state index is 12.1. The quantitative estimate of drug-likeness (QED) is 0.109. The maximum atomic E-state index is 12.1. The van der Waals surface area contributed by atoms with Gasteiger partial charge in [0.15, 0.2) is 0 Å². The molecule has 202 valence electrons. The molecule has 2 aliphatic rings. The molecule has 8 atom stereocenters. The molecule has 0 aromatic heterocycles. The van der Waals surface area contributed by atoms with E-state index in [2.05, 4.69) is 0 Å². The van der Waals surface area contributed by atoms with Crippen LogP contribution in [0.2, 0.25) is 0 Å². The minimum atomic E-state index is -1.06. The number of hydrogen-bond donors (Lipinski definition) is 4. The third-order valence-corrected chi connectivity index (χ3v) is 7.09. The van der Waals surface area contributed by atoms with Crippen molar-refractivity contribution in [1.29, 1.82) is 0 Å². The van der Waals surface area contributed by atoms with Gasteiger partial charge in [0, 0.05) is 24.3 Å². The molecule has 2 heterocycles. The predicted molar refractivity (Wildman–Crippen MR) is 129 cm³/mol.